The van der Waals surface area contributed by atoms with Crippen molar-refractivity contribution in [3.8, 4) is 0 Å². The number of halogens is 1. The summed E-state index contributed by atoms with van der Waals surface area (Å²) in [5.74, 6) is -2.74. The summed E-state index contributed by atoms with van der Waals surface area (Å²) in [5, 5.41) is 12.3. The molecule has 0 radical (unpaired) electrons. The van der Waals surface area contributed by atoms with Crippen LogP contribution in [-0.2, 0) is 25.7 Å². The summed E-state index contributed by atoms with van der Waals surface area (Å²) in [4.78, 5) is 50.8. The van der Waals surface area contributed by atoms with Crippen LogP contribution in [0.3, 0.4) is 0 Å². The Hall–Kier alpha value is -3.76. The average molecular weight is 558 g/mol. The first-order valence-corrected chi connectivity index (χ1v) is 13.9. The van der Waals surface area contributed by atoms with Crippen LogP contribution in [0.4, 0.5) is 10.1 Å². The Morgan fingerprint density at radius 3 is 2.40 bits per heavy atom. The Labute approximate surface area is 234 Å². The Morgan fingerprint density at radius 1 is 1.10 bits per heavy atom. The molecular formula is C29H40FN5O5. The first-order chi connectivity index (χ1) is 19.1. The van der Waals surface area contributed by atoms with E-state index in [1.165, 1.54) is 25.4 Å². The van der Waals surface area contributed by atoms with E-state index < -0.39 is 41.6 Å². The molecule has 1 aromatic heterocycles. The summed E-state index contributed by atoms with van der Waals surface area (Å²) in [7, 11) is 1.22. The summed E-state index contributed by atoms with van der Waals surface area (Å²) in [6.07, 6.45) is 5.13. The average Bonchev–Trinajstić information content (AvgIpc) is 3.44. The number of nitrogens with zero attached hydrogens (tertiary/aromatic N) is 2. The van der Waals surface area contributed by atoms with Crippen LogP contribution in [0, 0.1) is 17.7 Å². The number of carbonyl (C=O) groups excluding carboxylic acids is 4. The number of benzene rings is 1. The second kappa shape index (κ2) is 14.0. The lowest BCUT2D eigenvalue weighted by atomic mass is 9.79. The number of ether oxygens (including phenoxy) is 1. The molecule has 3 N–H and O–H groups in total. The van der Waals surface area contributed by atoms with Crippen molar-refractivity contribution in [2.24, 2.45) is 11.8 Å². The molecule has 1 aliphatic rings. The lowest BCUT2D eigenvalue weighted by Gasteiger charge is -2.32. The number of rotatable bonds is 11. The quantitative estimate of drug-likeness (QED) is 0.361. The van der Waals surface area contributed by atoms with Gasteiger partial charge in [-0.1, -0.05) is 39.7 Å². The summed E-state index contributed by atoms with van der Waals surface area (Å²) in [5.41, 5.74) is 0.751. The van der Waals surface area contributed by atoms with Crippen LogP contribution < -0.4 is 16.0 Å². The van der Waals surface area contributed by atoms with E-state index in [4.69, 9.17) is 4.74 Å². The van der Waals surface area contributed by atoms with E-state index in [1.54, 1.807) is 30.7 Å². The zero-order valence-electron chi connectivity index (χ0n) is 23.8. The Kier molecular flexibility index (Phi) is 10.8. The first kappa shape index (κ1) is 30.8. The van der Waals surface area contributed by atoms with Gasteiger partial charge in [-0.05, 0) is 55.4 Å². The highest BCUT2D eigenvalue weighted by Crippen LogP contribution is 2.32. The molecule has 1 saturated carbocycles. The first-order valence-electron chi connectivity index (χ1n) is 13.9. The van der Waals surface area contributed by atoms with Gasteiger partial charge >= 0.3 is 5.97 Å². The van der Waals surface area contributed by atoms with E-state index >= 15 is 4.39 Å². The van der Waals surface area contributed by atoms with Crippen molar-refractivity contribution in [2.45, 2.75) is 84.3 Å². The van der Waals surface area contributed by atoms with Crippen LogP contribution >= 0.6 is 0 Å². The predicted molar refractivity (Wildman–Crippen MR) is 148 cm³/mol. The Bertz CT molecular complexity index is 1210. The van der Waals surface area contributed by atoms with Crippen molar-refractivity contribution >= 4 is 29.4 Å². The third-order valence-electron chi connectivity index (χ3n) is 7.72. The maximum absolute atomic E-state index is 15.3. The van der Waals surface area contributed by atoms with Crippen LogP contribution in [0.2, 0.25) is 0 Å². The maximum Gasteiger partial charge on any atom is 0.328 e. The van der Waals surface area contributed by atoms with Crippen molar-refractivity contribution in [2.75, 3.05) is 12.4 Å². The van der Waals surface area contributed by atoms with Gasteiger partial charge in [0.05, 0.1) is 12.8 Å². The van der Waals surface area contributed by atoms with Gasteiger partial charge in [-0.2, -0.15) is 5.10 Å². The molecule has 0 saturated heterocycles. The normalized spacial score (nSPS) is 19.1. The summed E-state index contributed by atoms with van der Waals surface area (Å²) in [6.45, 7) is 7.88. The minimum Gasteiger partial charge on any atom is -0.467 e. The van der Waals surface area contributed by atoms with E-state index in [9.17, 15) is 19.2 Å². The van der Waals surface area contributed by atoms with Gasteiger partial charge in [-0.25, -0.2) is 9.18 Å². The topological polar surface area (TPSA) is 131 Å². The molecule has 0 aliphatic heterocycles. The highest BCUT2D eigenvalue weighted by molar-refractivity contribution is 6.00. The molecule has 40 heavy (non-hydrogen) atoms. The number of anilines is 1. The lowest BCUT2D eigenvalue weighted by Crippen LogP contribution is -2.49. The van der Waals surface area contributed by atoms with Crippen LogP contribution in [0.1, 0.15) is 81.8 Å². The fraction of sp³-hybridized carbons (Fsp3) is 0.552. The van der Waals surface area contributed by atoms with Gasteiger partial charge < -0.3 is 20.7 Å². The molecule has 218 valence electrons. The van der Waals surface area contributed by atoms with Gasteiger partial charge in [-0.3, -0.25) is 19.1 Å². The van der Waals surface area contributed by atoms with Crippen molar-refractivity contribution in [1.29, 1.82) is 0 Å². The minimum atomic E-state index is -0.998. The number of aryl methyl sites for hydroxylation is 1. The third kappa shape index (κ3) is 7.45. The van der Waals surface area contributed by atoms with Gasteiger partial charge in [-0.15, -0.1) is 0 Å². The number of methoxy groups -OCH3 is 1. The summed E-state index contributed by atoms with van der Waals surface area (Å²) < 4.78 is 21.6. The number of carbonyl (C=O) groups is 4. The molecule has 1 heterocycles. The number of esters is 1. The number of aromatic nitrogens is 2. The molecule has 0 unspecified atom stereocenters. The zero-order chi connectivity index (χ0) is 29.4. The van der Waals surface area contributed by atoms with Crippen LogP contribution in [0.15, 0.2) is 30.5 Å². The standard InChI is InChI=1S/C29H40FN5O5/c1-6-24(36)33-25(29(39)40-5)18(4)20-12-13-22(21(30)16-20)32-28(38)26(19-10-8-17(3)9-11-19)34-27(37)23-14-15-31-35(23)7-2/h12-19,25-26H,6-11H2,1-5H3,(H,32,38)(H,33,36)(H,34,37)/t17?,18-,19?,25+,26-/m0/s1. The SMILES string of the molecule is CCC(=O)N[C@@H](C(=O)OC)[C@@H](C)c1ccc(NC(=O)[C@@H](NC(=O)c2ccnn2CC)C2CCC(C)CC2)c(F)c1. The van der Waals surface area contributed by atoms with E-state index in [-0.39, 0.29) is 23.9 Å². The van der Waals surface area contributed by atoms with E-state index in [1.807, 2.05) is 6.92 Å². The number of nitrogens with one attached hydrogen (secondary N) is 3. The lowest BCUT2D eigenvalue weighted by molar-refractivity contribution is -0.145. The molecule has 3 atom stereocenters. The zero-order valence-corrected chi connectivity index (χ0v) is 23.8. The van der Waals surface area contributed by atoms with Crippen LogP contribution in [0.5, 0.6) is 0 Å². The van der Waals surface area contributed by atoms with Gasteiger partial charge in [0.2, 0.25) is 11.8 Å². The van der Waals surface area contributed by atoms with Gasteiger partial charge in [0.1, 0.15) is 23.6 Å². The largest absolute Gasteiger partial charge is 0.467 e. The molecule has 1 aliphatic carbocycles. The fourth-order valence-corrected chi connectivity index (χ4v) is 5.12. The fourth-order valence-electron chi connectivity index (χ4n) is 5.12. The number of amides is 3. The monoisotopic (exact) mass is 557 g/mol. The molecule has 10 nitrogen and oxygen atoms in total. The molecule has 2 aromatic rings. The molecule has 11 heteroatoms. The highest BCUT2D eigenvalue weighted by Gasteiger charge is 2.34. The minimum absolute atomic E-state index is 0.0461. The Morgan fingerprint density at radius 2 is 1.80 bits per heavy atom. The second-order valence-electron chi connectivity index (χ2n) is 10.4. The maximum atomic E-state index is 15.3. The number of hydrogen-bond donors (Lipinski definition) is 3. The molecule has 1 fully saturated rings. The predicted octanol–water partition coefficient (Wildman–Crippen LogP) is 3.78. The van der Waals surface area contributed by atoms with Crippen molar-refractivity contribution in [3.63, 3.8) is 0 Å². The van der Waals surface area contributed by atoms with Crippen LogP contribution in [-0.4, -0.2) is 52.7 Å². The molecule has 1 aromatic carbocycles. The van der Waals surface area contributed by atoms with Gasteiger partial charge in [0, 0.05) is 25.1 Å². The Balaban J connectivity index is 1.80. The molecule has 0 bridgehead atoms. The van der Waals surface area contributed by atoms with E-state index in [0.717, 1.165) is 25.7 Å². The van der Waals surface area contributed by atoms with Crippen LogP contribution in [0.25, 0.3) is 0 Å². The molecule has 3 rings (SSSR count). The van der Waals surface area contributed by atoms with Gasteiger partial charge in [0.25, 0.3) is 5.91 Å². The summed E-state index contributed by atoms with van der Waals surface area (Å²) in [6, 6.07) is 3.98. The van der Waals surface area contributed by atoms with Crippen molar-refractivity contribution < 1.29 is 28.3 Å². The highest BCUT2D eigenvalue weighted by atomic mass is 19.1. The summed E-state index contributed by atoms with van der Waals surface area (Å²) >= 11 is 0. The molecule has 0 spiro atoms. The van der Waals surface area contributed by atoms with Crippen molar-refractivity contribution in [3.05, 3.63) is 47.5 Å². The van der Waals surface area contributed by atoms with Gasteiger partial charge in [0.15, 0.2) is 0 Å². The smallest absolute Gasteiger partial charge is 0.328 e. The van der Waals surface area contributed by atoms with E-state index in [0.29, 0.717) is 23.7 Å². The second-order valence-corrected chi connectivity index (χ2v) is 10.4. The molecular weight excluding hydrogens is 517 g/mol. The van der Waals surface area contributed by atoms with Crippen molar-refractivity contribution in [1.82, 2.24) is 20.4 Å². The third-order valence-corrected chi connectivity index (χ3v) is 7.72. The van der Waals surface area contributed by atoms with E-state index in [2.05, 4.69) is 28.0 Å². The number of hydrogen-bond acceptors (Lipinski definition) is 6. The molecule has 3 amide bonds.